The number of benzene rings is 3. The fourth-order valence-corrected chi connectivity index (χ4v) is 6.11. The highest BCUT2D eigenvalue weighted by atomic mass is 35.5. The molecule has 1 amide bonds. The quantitative estimate of drug-likeness (QED) is 0.258. The molecule has 2 aliphatic rings. The predicted molar refractivity (Wildman–Crippen MR) is 168 cm³/mol. The molecule has 1 unspecified atom stereocenters. The first-order chi connectivity index (χ1) is 20.8. The largest absolute Gasteiger partial charge is 0.494 e. The third-order valence-corrected chi connectivity index (χ3v) is 8.62. The SMILES string of the molecule is CNC1(C)CCCN(C(=O)c2ccc(Nc3ncc4c(n3)-c3ccc(Cl)cc3N(c3c(F)cccc3OC)CC4)cc2)C1. The van der Waals surface area contributed by atoms with Crippen LogP contribution in [-0.2, 0) is 6.42 Å². The van der Waals surface area contributed by atoms with E-state index in [2.05, 4.69) is 22.5 Å². The average Bonchev–Trinajstić information content (AvgIpc) is 3.17. The molecule has 0 spiro atoms. The molecule has 2 aliphatic heterocycles. The minimum absolute atomic E-state index is 0.0281. The van der Waals surface area contributed by atoms with E-state index in [-0.39, 0.29) is 17.3 Å². The van der Waals surface area contributed by atoms with Gasteiger partial charge in [0.2, 0.25) is 5.95 Å². The number of hydrogen-bond acceptors (Lipinski definition) is 7. The van der Waals surface area contributed by atoms with E-state index in [0.717, 1.165) is 47.6 Å². The summed E-state index contributed by atoms with van der Waals surface area (Å²) < 4.78 is 20.7. The van der Waals surface area contributed by atoms with Crippen molar-refractivity contribution in [3.63, 3.8) is 0 Å². The summed E-state index contributed by atoms with van der Waals surface area (Å²) in [5.41, 5.74) is 4.90. The molecule has 3 heterocycles. The molecule has 1 saturated heterocycles. The number of aromatic nitrogens is 2. The number of piperidine rings is 1. The molecule has 0 aliphatic carbocycles. The summed E-state index contributed by atoms with van der Waals surface area (Å²) >= 11 is 6.44. The average molecular weight is 601 g/mol. The van der Waals surface area contributed by atoms with Crippen LogP contribution in [0.15, 0.2) is 66.9 Å². The molecule has 43 heavy (non-hydrogen) atoms. The number of anilines is 4. The minimum Gasteiger partial charge on any atom is -0.494 e. The molecule has 8 nitrogen and oxygen atoms in total. The normalized spacial score (nSPS) is 18.0. The fraction of sp³-hybridized carbons (Fsp3) is 0.303. The second kappa shape index (κ2) is 11.8. The van der Waals surface area contributed by atoms with E-state index in [1.807, 2.05) is 53.2 Å². The van der Waals surface area contributed by atoms with E-state index in [9.17, 15) is 4.79 Å². The maximum Gasteiger partial charge on any atom is 0.253 e. The molecule has 0 saturated carbocycles. The summed E-state index contributed by atoms with van der Waals surface area (Å²) in [6.07, 6.45) is 4.40. The molecule has 3 aromatic carbocycles. The summed E-state index contributed by atoms with van der Waals surface area (Å²) in [5.74, 6) is 0.489. The van der Waals surface area contributed by atoms with Crippen LogP contribution >= 0.6 is 11.6 Å². The lowest BCUT2D eigenvalue weighted by molar-refractivity contribution is 0.0629. The number of carbonyl (C=O) groups is 1. The number of para-hydroxylation sites is 1. The van der Waals surface area contributed by atoms with E-state index in [1.54, 1.807) is 24.4 Å². The number of nitrogens with one attached hydrogen (secondary N) is 2. The van der Waals surface area contributed by atoms with Crippen LogP contribution in [0.4, 0.5) is 27.4 Å². The van der Waals surface area contributed by atoms with Crippen molar-refractivity contribution in [2.24, 2.45) is 0 Å². The van der Waals surface area contributed by atoms with Crippen LogP contribution in [-0.4, -0.2) is 60.1 Å². The molecule has 1 fully saturated rings. The highest BCUT2D eigenvalue weighted by molar-refractivity contribution is 6.31. The van der Waals surface area contributed by atoms with Gasteiger partial charge in [-0.2, -0.15) is 0 Å². The number of carbonyl (C=O) groups excluding carboxylic acids is 1. The third kappa shape index (κ3) is 5.75. The van der Waals surface area contributed by atoms with E-state index >= 15 is 4.39 Å². The molecular formula is C33H34ClFN6O2. The number of fused-ring (bicyclic) bond motifs is 3. The first kappa shape index (κ1) is 28.9. The lowest BCUT2D eigenvalue weighted by atomic mass is 9.91. The monoisotopic (exact) mass is 600 g/mol. The summed E-state index contributed by atoms with van der Waals surface area (Å²) in [5, 5.41) is 7.17. The molecule has 1 aromatic heterocycles. The highest BCUT2D eigenvalue weighted by Crippen LogP contribution is 2.44. The van der Waals surface area contributed by atoms with Crippen LogP contribution < -0.4 is 20.3 Å². The van der Waals surface area contributed by atoms with Crippen molar-refractivity contribution < 1.29 is 13.9 Å². The zero-order valence-corrected chi connectivity index (χ0v) is 25.2. The standard InChI is InChI=1S/C33H34ClFN6O2/c1-33(36-2)15-5-16-40(20-33)31(42)21-8-11-24(12-9-21)38-32-37-19-22-14-17-41(30-26(35)6-4-7-28(30)43-3)27-18-23(34)10-13-25(27)29(22)39-32/h4,6-13,18-19,36H,5,14-17,20H2,1-3H3,(H,37,38,39). The first-order valence-electron chi connectivity index (χ1n) is 14.4. The third-order valence-electron chi connectivity index (χ3n) is 8.39. The van der Waals surface area contributed by atoms with Gasteiger partial charge in [-0.3, -0.25) is 4.79 Å². The number of amides is 1. The molecule has 0 radical (unpaired) electrons. The van der Waals surface area contributed by atoms with E-state index in [1.165, 1.54) is 13.2 Å². The maximum atomic E-state index is 15.2. The van der Waals surface area contributed by atoms with Crippen molar-refractivity contribution >= 4 is 40.5 Å². The number of methoxy groups -OCH3 is 1. The molecule has 2 N–H and O–H groups in total. The van der Waals surface area contributed by atoms with Gasteiger partial charge in [0, 0.05) is 53.2 Å². The molecule has 6 rings (SSSR count). The highest BCUT2D eigenvalue weighted by Gasteiger charge is 2.32. The van der Waals surface area contributed by atoms with Gasteiger partial charge in [0.25, 0.3) is 5.91 Å². The summed E-state index contributed by atoms with van der Waals surface area (Å²) in [6.45, 7) is 4.07. The molecule has 0 bridgehead atoms. The lowest BCUT2D eigenvalue weighted by Crippen LogP contribution is -2.55. The van der Waals surface area contributed by atoms with Crippen LogP contribution in [0, 0.1) is 5.82 Å². The minimum atomic E-state index is -0.386. The second-order valence-electron chi connectivity index (χ2n) is 11.3. The van der Waals surface area contributed by atoms with Gasteiger partial charge >= 0.3 is 0 Å². The molecule has 222 valence electrons. The Labute approximate surface area is 255 Å². The van der Waals surface area contributed by atoms with Crippen molar-refractivity contribution in [1.82, 2.24) is 20.2 Å². The van der Waals surface area contributed by atoms with E-state index in [0.29, 0.717) is 47.5 Å². The Morgan fingerprint density at radius 3 is 2.70 bits per heavy atom. The van der Waals surface area contributed by atoms with E-state index < -0.39 is 0 Å². The fourth-order valence-electron chi connectivity index (χ4n) is 5.94. The lowest BCUT2D eigenvalue weighted by Gasteiger charge is -2.40. The number of nitrogens with zero attached hydrogens (tertiary/aromatic N) is 4. The van der Waals surface area contributed by atoms with Crippen molar-refractivity contribution in [1.29, 1.82) is 0 Å². The topological polar surface area (TPSA) is 82.6 Å². The Bertz CT molecular complexity index is 1670. The summed E-state index contributed by atoms with van der Waals surface area (Å²) in [7, 11) is 3.48. The molecular weight excluding hydrogens is 567 g/mol. The van der Waals surface area contributed by atoms with E-state index in [4.69, 9.17) is 21.3 Å². The van der Waals surface area contributed by atoms with Gasteiger partial charge in [0.1, 0.15) is 11.4 Å². The second-order valence-corrected chi connectivity index (χ2v) is 11.7. The Kier molecular flexibility index (Phi) is 7.94. The number of halogens is 2. The Balaban J connectivity index is 1.27. The van der Waals surface area contributed by atoms with Crippen molar-refractivity contribution in [2.75, 3.05) is 44.0 Å². The first-order valence-corrected chi connectivity index (χ1v) is 14.8. The predicted octanol–water partition coefficient (Wildman–Crippen LogP) is 6.60. The zero-order valence-electron chi connectivity index (χ0n) is 24.5. The maximum absolute atomic E-state index is 15.2. The van der Waals surface area contributed by atoms with Gasteiger partial charge < -0.3 is 25.2 Å². The van der Waals surface area contributed by atoms with Crippen LogP contribution in [0.2, 0.25) is 5.02 Å². The van der Waals surface area contributed by atoms with Gasteiger partial charge in [-0.05, 0) is 93.4 Å². The van der Waals surface area contributed by atoms with Crippen LogP contribution in [0.3, 0.4) is 0 Å². The number of ether oxygens (including phenoxy) is 1. The van der Waals surface area contributed by atoms with Crippen LogP contribution in [0.25, 0.3) is 11.3 Å². The smallest absolute Gasteiger partial charge is 0.253 e. The molecule has 1 atom stereocenters. The van der Waals surface area contributed by atoms with Gasteiger partial charge in [-0.15, -0.1) is 0 Å². The molecule has 4 aromatic rings. The van der Waals surface area contributed by atoms with Crippen LogP contribution in [0.1, 0.15) is 35.7 Å². The Morgan fingerprint density at radius 2 is 1.93 bits per heavy atom. The van der Waals surface area contributed by atoms with Gasteiger partial charge in [0.05, 0.1) is 18.5 Å². The zero-order chi connectivity index (χ0) is 30.1. The van der Waals surface area contributed by atoms with Crippen LogP contribution in [0.5, 0.6) is 5.75 Å². The van der Waals surface area contributed by atoms with Gasteiger partial charge in [-0.1, -0.05) is 17.7 Å². The number of likely N-dealkylation sites (tertiary alicyclic amines) is 1. The van der Waals surface area contributed by atoms with Gasteiger partial charge in [-0.25, -0.2) is 14.4 Å². The summed E-state index contributed by atoms with van der Waals surface area (Å²) in [6, 6.07) is 17.7. The Hall–Kier alpha value is -4.21. The molecule has 10 heteroatoms. The number of rotatable bonds is 6. The van der Waals surface area contributed by atoms with Gasteiger partial charge in [0.15, 0.2) is 5.82 Å². The van der Waals surface area contributed by atoms with Crippen molar-refractivity contribution in [3.05, 3.63) is 88.8 Å². The number of likely N-dealkylation sites (N-methyl/N-ethyl adjacent to an activating group) is 1. The van der Waals surface area contributed by atoms with Crippen molar-refractivity contribution in [3.8, 4) is 17.0 Å². The number of hydrogen-bond donors (Lipinski definition) is 2. The Morgan fingerprint density at radius 1 is 1.12 bits per heavy atom. The summed E-state index contributed by atoms with van der Waals surface area (Å²) in [4.78, 5) is 26.5. The van der Waals surface area contributed by atoms with Crippen molar-refractivity contribution in [2.45, 2.75) is 31.7 Å².